The summed E-state index contributed by atoms with van der Waals surface area (Å²) in [7, 11) is 11.5. The molecule has 0 heterocycles. The summed E-state index contributed by atoms with van der Waals surface area (Å²) in [5.74, 6) is 0. The Balaban J connectivity index is 2.32. The lowest BCUT2D eigenvalue weighted by molar-refractivity contribution is -0.905. The Morgan fingerprint density at radius 1 is 0.778 bits per heavy atom. The third-order valence-electron chi connectivity index (χ3n) is 3.30. The second-order valence-corrected chi connectivity index (χ2v) is 7.02. The van der Waals surface area contributed by atoms with E-state index in [4.69, 9.17) is 0 Å². The van der Waals surface area contributed by atoms with Crippen LogP contribution in [0.5, 0.6) is 0 Å². The topological polar surface area (TPSA) is 0 Å². The van der Waals surface area contributed by atoms with E-state index in [1.54, 1.807) is 0 Å². The molecule has 0 aliphatic rings. The molecular formula is C16H30N2+2. The Bertz CT molecular complexity index is 336. The van der Waals surface area contributed by atoms with Crippen molar-refractivity contribution in [2.24, 2.45) is 0 Å². The molecule has 1 aromatic rings. The number of benzene rings is 1. The van der Waals surface area contributed by atoms with Gasteiger partial charge in [0.2, 0.25) is 0 Å². The Kier molecular flexibility index (Phi) is 5.36. The van der Waals surface area contributed by atoms with E-state index in [0.717, 1.165) is 15.5 Å². The zero-order chi connectivity index (χ0) is 13.6. The largest absolute Gasteiger partial charge is 0.331 e. The highest BCUT2D eigenvalue weighted by Crippen LogP contribution is 2.11. The van der Waals surface area contributed by atoms with Gasteiger partial charge in [-0.2, -0.15) is 0 Å². The average molecular weight is 250 g/mol. The van der Waals surface area contributed by atoms with E-state index in [9.17, 15) is 0 Å². The lowest BCUT2D eigenvalue weighted by Gasteiger charge is -2.30. The van der Waals surface area contributed by atoms with E-state index >= 15 is 0 Å². The molecule has 0 N–H and O–H groups in total. The quantitative estimate of drug-likeness (QED) is 0.516. The summed E-state index contributed by atoms with van der Waals surface area (Å²) in [6.07, 6.45) is 2.63. The highest BCUT2D eigenvalue weighted by molar-refractivity contribution is 5.13. The third-order valence-corrected chi connectivity index (χ3v) is 3.30. The maximum atomic E-state index is 2.33. The van der Waals surface area contributed by atoms with Crippen LogP contribution in [-0.4, -0.2) is 57.3 Å². The van der Waals surface area contributed by atoms with Gasteiger partial charge in [-0.15, -0.1) is 0 Å². The van der Waals surface area contributed by atoms with Crippen molar-refractivity contribution in [2.75, 3.05) is 48.3 Å². The predicted molar refractivity (Wildman–Crippen MR) is 79.3 cm³/mol. The molecule has 0 amide bonds. The molecule has 0 fully saturated rings. The lowest BCUT2D eigenvalue weighted by atomic mass is 10.2. The SMILES string of the molecule is C[N+](C)(C)CCCC[N+](C)(C)Cc1ccccc1. The summed E-state index contributed by atoms with van der Waals surface area (Å²) in [4.78, 5) is 0. The van der Waals surface area contributed by atoms with E-state index in [2.05, 4.69) is 65.6 Å². The van der Waals surface area contributed by atoms with Gasteiger partial charge in [-0.3, -0.25) is 0 Å². The minimum absolute atomic E-state index is 1.08. The Labute approximate surface area is 113 Å². The molecule has 0 bridgehead atoms. The van der Waals surface area contributed by atoms with Gasteiger partial charge in [0.25, 0.3) is 0 Å². The first-order valence-electron chi connectivity index (χ1n) is 6.95. The van der Waals surface area contributed by atoms with E-state index in [1.165, 1.54) is 31.5 Å². The highest BCUT2D eigenvalue weighted by atomic mass is 15.3. The van der Waals surface area contributed by atoms with Gasteiger partial charge in [-0.25, -0.2) is 0 Å². The van der Waals surface area contributed by atoms with E-state index in [0.29, 0.717) is 0 Å². The molecule has 0 spiro atoms. The van der Waals surface area contributed by atoms with Crippen LogP contribution < -0.4 is 0 Å². The van der Waals surface area contributed by atoms with Crippen molar-refractivity contribution in [2.45, 2.75) is 19.4 Å². The minimum atomic E-state index is 1.08. The molecule has 0 atom stereocenters. The fourth-order valence-corrected chi connectivity index (χ4v) is 2.28. The van der Waals surface area contributed by atoms with Gasteiger partial charge < -0.3 is 8.97 Å². The van der Waals surface area contributed by atoms with Gasteiger partial charge in [-0.1, -0.05) is 30.3 Å². The Morgan fingerprint density at radius 3 is 1.89 bits per heavy atom. The standard InChI is InChI=1S/C16H30N2/c1-17(2,3)13-9-10-14-18(4,5)15-16-11-7-6-8-12-16/h6-8,11-12H,9-10,13-15H2,1-5H3/q+2. The summed E-state index contributed by atoms with van der Waals surface area (Å²) >= 11 is 0. The van der Waals surface area contributed by atoms with Crippen molar-refractivity contribution in [3.63, 3.8) is 0 Å². The maximum absolute atomic E-state index is 2.33. The molecule has 0 saturated heterocycles. The van der Waals surface area contributed by atoms with Crippen molar-refractivity contribution in [3.8, 4) is 0 Å². The average Bonchev–Trinajstić information content (AvgIpc) is 2.24. The highest BCUT2D eigenvalue weighted by Gasteiger charge is 2.16. The molecule has 1 aromatic carbocycles. The fraction of sp³-hybridized carbons (Fsp3) is 0.625. The molecule has 18 heavy (non-hydrogen) atoms. The molecule has 0 saturated carbocycles. The monoisotopic (exact) mass is 250 g/mol. The van der Waals surface area contributed by atoms with Crippen LogP contribution in [0.15, 0.2) is 30.3 Å². The van der Waals surface area contributed by atoms with Gasteiger partial charge in [0.1, 0.15) is 6.54 Å². The van der Waals surface area contributed by atoms with Crippen molar-refractivity contribution in [1.29, 1.82) is 0 Å². The molecule has 2 heteroatoms. The Hall–Kier alpha value is -0.860. The first-order valence-corrected chi connectivity index (χ1v) is 6.95. The molecule has 2 nitrogen and oxygen atoms in total. The molecule has 0 aliphatic carbocycles. The summed E-state index contributed by atoms with van der Waals surface area (Å²) in [5.41, 5.74) is 1.44. The number of hydrogen-bond donors (Lipinski definition) is 0. The van der Waals surface area contributed by atoms with E-state index in [1.807, 2.05) is 0 Å². The van der Waals surface area contributed by atoms with Crippen LogP contribution in [-0.2, 0) is 6.54 Å². The van der Waals surface area contributed by atoms with Gasteiger partial charge >= 0.3 is 0 Å². The smallest absolute Gasteiger partial charge is 0.104 e. The number of unbranched alkanes of at least 4 members (excludes halogenated alkanes) is 1. The maximum Gasteiger partial charge on any atom is 0.104 e. The first-order chi connectivity index (χ1) is 8.29. The van der Waals surface area contributed by atoms with Crippen molar-refractivity contribution in [1.82, 2.24) is 0 Å². The summed E-state index contributed by atoms with van der Waals surface area (Å²) < 4.78 is 2.16. The number of nitrogens with zero attached hydrogens (tertiary/aromatic N) is 2. The third kappa shape index (κ3) is 6.77. The molecule has 0 aromatic heterocycles. The number of rotatable bonds is 7. The predicted octanol–water partition coefficient (Wildman–Crippen LogP) is 2.75. The fourth-order valence-electron chi connectivity index (χ4n) is 2.28. The first kappa shape index (κ1) is 15.2. The zero-order valence-corrected chi connectivity index (χ0v) is 12.8. The normalized spacial score (nSPS) is 12.7. The molecule has 0 unspecified atom stereocenters. The number of hydrogen-bond acceptors (Lipinski definition) is 0. The summed E-state index contributed by atoms with van der Waals surface area (Å²) in [6.45, 7) is 3.66. The van der Waals surface area contributed by atoms with Crippen LogP contribution in [0.1, 0.15) is 18.4 Å². The Morgan fingerprint density at radius 2 is 1.33 bits per heavy atom. The van der Waals surface area contributed by atoms with Crippen molar-refractivity contribution >= 4 is 0 Å². The van der Waals surface area contributed by atoms with Gasteiger partial charge in [0, 0.05) is 18.4 Å². The van der Waals surface area contributed by atoms with Crippen LogP contribution in [0.25, 0.3) is 0 Å². The molecular weight excluding hydrogens is 220 g/mol. The zero-order valence-electron chi connectivity index (χ0n) is 12.8. The van der Waals surface area contributed by atoms with Crippen molar-refractivity contribution in [3.05, 3.63) is 35.9 Å². The van der Waals surface area contributed by atoms with Crippen LogP contribution in [0.2, 0.25) is 0 Å². The lowest BCUT2D eigenvalue weighted by Crippen LogP contribution is -2.40. The van der Waals surface area contributed by atoms with Crippen LogP contribution in [0, 0.1) is 0 Å². The van der Waals surface area contributed by atoms with Crippen LogP contribution in [0.3, 0.4) is 0 Å². The summed E-state index contributed by atoms with van der Waals surface area (Å²) in [5, 5.41) is 0. The molecule has 102 valence electrons. The second-order valence-electron chi connectivity index (χ2n) is 7.02. The van der Waals surface area contributed by atoms with Crippen LogP contribution >= 0.6 is 0 Å². The van der Waals surface area contributed by atoms with Crippen LogP contribution in [0.4, 0.5) is 0 Å². The number of quaternary nitrogens is 2. The van der Waals surface area contributed by atoms with E-state index in [-0.39, 0.29) is 0 Å². The van der Waals surface area contributed by atoms with E-state index < -0.39 is 0 Å². The van der Waals surface area contributed by atoms with Crippen molar-refractivity contribution < 1.29 is 8.97 Å². The molecule has 0 aliphatic heterocycles. The summed E-state index contributed by atoms with van der Waals surface area (Å²) in [6, 6.07) is 10.8. The van der Waals surface area contributed by atoms with Gasteiger partial charge in [-0.05, 0) is 0 Å². The molecule has 0 radical (unpaired) electrons. The minimum Gasteiger partial charge on any atom is -0.331 e. The van der Waals surface area contributed by atoms with Gasteiger partial charge in [0.15, 0.2) is 0 Å². The second kappa shape index (κ2) is 6.35. The van der Waals surface area contributed by atoms with Gasteiger partial charge in [0.05, 0.1) is 48.3 Å². The molecule has 1 rings (SSSR count).